The molecule has 1 aromatic carbocycles. The van der Waals surface area contributed by atoms with Gasteiger partial charge in [0.2, 0.25) is 10.0 Å². The Kier molecular flexibility index (Phi) is 3.62. The van der Waals surface area contributed by atoms with Crippen molar-refractivity contribution in [1.82, 2.24) is 4.72 Å². The maximum Gasteiger partial charge on any atom is 0.217 e. The van der Waals surface area contributed by atoms with Crippen LogP contribution in [0.4, 0.5) is 0 Å². The highest BCUT2D eigenvalue weighted by Crippen LogP contribution is 2.03. The molecule has 2 N–H and O–H groups in total. The molecule has 0 heterocycles. The molecule has 77 valence electrons. The molecule has 0 saturated heterocycles. The topological polar surface area (TPSA) is 66.4 Å². The number of sulfonamides is 1. The number of rotatable bonds is 4. The highest BCUT2D eigenvalue weighted by atomic mass is 32.2. The van der Waals surface area contributed by atoms with Gasteiger partial charge in [-0.1, -0.05) is 30.3 Å². The summed E-state index contributed by atoms with van der Waals surface area (Å²) in [7, 11) is -3.50. The molecule has 0 bridgehead atoms. The van der Waals surface area contributed by atoms with Crippen molar-refractivity contribution in [3.8, 4) is 0 Å². The van der Waals surface area contributed by atoms with Crippen molar-refractivity contribution in [2.75, 3.05) is 0 Å². The largest absolute Gasteiger partial charge is 0.378 e. The van der Waals surface area contributed by atoms with E-state index >= 15 is 0 Å². The minimum Gasteiger partial charge on any atom is -0.378 e. The van der Waals surface area contributed by atoms with E-state index in [1.165, 1.54) is 0 Å². The molecule has 0 aliphatic carbocycles. The first-order chi connectivity index (χ1) is 6.49. The lowest BCUT2D eigenvalue weighted by molar-refractivity contribution is 0.209. The van der Waals surface area contributed by atoms with E-state index in [1.807, 2.05) is 4.72 Å². The Balaban J connectivity index is 2.70. The quantitative estimate of drug-likeness (QED) is 0.706. The Labute approximate surface area is 83.6 Å². The molecule has 0 aliphatic heterocycles. The van der Waals surface area contributed by atoms with Crippen molar-refractivity contribution in [2.24, 2.45) is 0 Å². The third-order valence-electron chi connectivity index (χ3n) is 1.52. The third kappa shape index (κ3) is 3.87. The van der Waals surface area contributed by atoms with Gasteiger partial charge in [0.05, 0.1) is 5.75 Å². The van der Waals surface area contributed by atoms with E-state index in [1.54, 1.807) is 30.3 Å². The Morgan fingerprint density at radius 1 is 1.36 bits per heavy atom. The molecule has 0 spiro atoms. The average Bonchev–Trinajstić information content (AvgIpc) is 2.02. The van der Waals surface area contributed by atoms with Crippen LogP contribution in [0.2, 0.25) is 0 Å². The van der Waals surface area contributed by atoms with E-state index < -0.39 is 16.3 Å². The fourth-order valence-electron chi connectivity index (χ4n) is 1.04. The highest BCUT2D eigenvalue weighted by molar-refractivity contribution is 7.88. The summed E-state index contributed by atoms with van der Waals surface area (Å²) in [5.41, 5.74) is 0.667. The third-order valence-corrected chi connectivity index (χ3v) is 2.86. The number of nitrogens with one attached hydrogen (secondary N) is 1. The van der Waals surface area contributed by atoms with Crippen LogP contribution in [0.1, 0.15) is 5.56 Å². The molecule has 4 nitrogen and oxygen atoms in total. The Bertz CT molecular complexity index is 372. The first kappa shape index (κ1) is 11.2. The predicted molar refractivity (Wildman–Crippen MR) is 53.6 cm³/mol. The first-order valence-electron chi connectivity index (χ1n) is 4.05. The maximum absolute atomic E-state index is 11.3. The average molecular weight is 214 g/mol. The Morgan fingerprint density at radius 2 is 1.93 bits per heavy atom. The monoisotopic (exact) mass is 214 g/mol. The second-order valence-electron chi connectivity index (χ2n) is 2.88. The van der Waals surface area contributed by atoms with Crippen molar-refractivity contribution in [3.63, 3.8) is 0 Å². The molecule has 1 radical (unpaired) electrons. The first-order valence-corrected chi connectivity index (χ1v) is 5.70. The fraction of sp³-hybridized carbons (Fsp3) is 0.222. The summed E-state index contributed by atoms with van der Waals surface area (Å²) in [5.74, 6) is -0.152. The van der Waals surface area contributed by atoms with E-state index in [9.17, 15) is 8.42 Å². The number of hydrogen-bond acceptors (Lipinski definition) is 3. The van der Waals surface area contributed by atoms with Gasteiger partial charge in [-0.05, 0) is 12.5 Å². The normalized spacial score (nSPS) is 13.9. The zero-order valence-corrected chi connectivity index (χ0v) is 8.37. The van der Waals surface area contributed by atoms with Crippen LogP contribution >= 0.6 is 0 Å². The fourth-order valence-corrected chi connectivity index (χ4v) is 2.17. The molecule has 5 heteroatoms. The van der Waals surface area contributed by atoms with E-state index in [-0.39, 0.29) is 5.75 Å². The van der Waals surface area contributed by atoms with Gasteiger partial charge in [0.1, 0.15) is 6.23 Å². The van der Waals surface area contributed by atoms with Crippen LogP contribution in [0.25, 0.3) is 0 Å². The lowest BCUT2D eigenvalue weighted by Gasteiger charge is -2.08. The van der Waals surface area contributed by atoms with E-state index in [0.29, 0.717) is 5.56 Å². The minimum absolute atomic E-state index is 0.152. The summed E-state index contributed by atoms with van der Waals surface area (Å²) < 4.78 is 24.6. The predicted octanol–water partition coefficient (Wildman–Crippen LogP) is 0.258. The van der Waals surface area contributed by atoms with Crippen LogP contribution in [0.15, 0.2) is 30.3 Å². The molecule has 1 atom stereocenters. The number of aliphatic hydroxyl groups is 1. The molecular weight excluding hydrogens is 202 g/mol. The molecule has 1 aromatic rings. The molecule has 0 aromatic heterocycles. The molecule has 0 aliphatic rings. The smallest absolute Gasteiger partial charge is 0.217 e. The summed E-state index contributed by atoms with van der Waals surface area (Å²) in [5, 5.41) is 8.76. The standard InChI is InChI=1S/C9H12NO3S/c1-8(11)10-14(12,13)7-9-5-3-2-4-6-9/h2-6,8,10-11H,1,7H2. The van der Waals surface area contributed by atoms with Gasteiger partial charge in [-0.15, -0.1) is 0 Å². The maximum atomic E-state index is 11.3. The molecular formula is C9H12NO3S. The summed E-state index contributed by atoms with van der Waals surface area (Å²) in [6.07, 6.45) is -1.30. The van der Waals surface area contributed by atoms with E-state index in [0.717, 1.165) is 0 Å². The van der Waals surface area contributed by atoms with Gasteiger partial charge in [0.15, 0.2) is 0 Å². The number of aliphatic hydroxyl groups excluding tert-OH is 1. The van der Waals surface area contributed by atoms with E-state index in [4.69, 9.17) is 5.11 Å². The molecule has 1 rings (SSSR count). The van der Waals surface area contributed by atoms with Crippen LogP contribution < -0.4 is 4.72 Å². The van der Waals surface area contributed by atoms with Crippen LogP contribution in [0, 0.1) is 6.92 Å². The Hall–Kier alpha value is -0.910. The minimum atomic E-state index is -3.50. The van der Waals surface area contributed by atoms with Crippen LogP contribution in [0.5, 0.6) is 0 Å². The molecule has 1 unspecified atom stereocenters. The summed E-state index contributed by atoms with van der Waals surface area (Å²) in [4.78, 5) is 0. The number of hydrogen-bond donors (Lipinski definition) is 2. The summed E-state index contributed by atoms with van der Waals surface area (Å²) in [6, 6.07) is 8.72. The van der Waals surface area contributed by atoms with Gasteiger partial charge in [-0.2, -0.15) is 4.72 Å². The summed E-state index contributed by atoms with van der Waals surface area (Å²) in [6.45, 7) is 3.13. The number of benzene rings is 1. The van der Waals surface area contributed by atoms with Crippen LogP contribution in [-0.2, 0) is 15.8 Å². The van der Waals surface area contributed by atoms with Crippen LogP contribution in [-0.4, -0.2) is 19.8 Å². The second-order valence-corrected chi connectivity index (χ2v) is 4.63. The Morgan fingerprint density at radius 3 is 2.43 bits per heavy atom. The highest BCUT2D eigenvalue weighted by Gasteiger charge is 2.12. The molecule has 0 amide bonds. The second kappa shape index (κ2) is 4.54. The molecule has 0 fully saturated rings. The van der Waals surface area contributed by atoms with Crippen molar-refractivity contribution < 1.29 is 13.5 Å². The zero-order valence-electron chi connectivity index (χ0n) is 7.55. The van der Waals surface area contributed by atoms with Gasteiger partial charge in [-0.3, -0.25) is 0 Å². The summed E-state index contributed by atoms with van der Waals surface area (Å²) >= 11 is 0. The van der Waals surface area contributed by atoms with Gasteiger partial charge in [-0.25, -0.2) is 8.42 Å². The van der Waals surface area contributed by atoms with Gasteiger partial charge >= 0.3 is 0 Å². The van der Waals surface area contributed by atoms with Gasteiger partial charge < -0.3 is 5.11 Å². The lowest BCUT2D eigenvalue weighted by Crippen LogP contribution is -2.33. The van der Waals surface area contributed by atoms with Gasteiger partial charge in [0, 0.05) is 0 Å². The van der Waals surface area contributed by atoms with Crippen molar-refractivity contribution in [1.29, 1.82) is 0 Å². The van der Waals surface area contributed by atoms with Gasteiger partial charge in [0.25, 0.3) is 0 Å². The molecule has 14 heavy (non-hydrogen) atoms. The van der Waals surface area contributed by atoms with Crippen molar-refractivity contribution in [2.45, 2.75) is 12.0 Å². The van der Waals surface area contributed by atoms with E-state index in [2.05, 4.69) is 6.92 Å². The lowest BCUT2D eigenvalue weighted by atomic mass is 10.2. The van der Waals surface area contributed by atoms with Crippen molar-refractivity contribution in [3.05, 3.63) is 42.8 Å². The van der Waals surface area contributed by atoms with Crippen LogP contribution in [0.3, 0.4) is 0 Å². The zero-order chi connectivity index (χ0) is 10.6. The molecule has 0 saturated carbocycles. The van der Waals surface area contributed by atoms with Crippen molar-refractivity contribution >= 4 is 10.0 Å². The SMILES string of the molecule is [CH2]C(O)NS(=O)(=O)Cc1ccccc1.